The van der Waals surface area contributed by atoms with Crippen LogP contribution in [0.4, 0.5) is 5.69 Å². The largest absolute Gasteiger partial charge is 0.482 e. The molecule has 17 heavy (non-hydrogen) atoms. The van der Waals surface area contributed by atoms with E-state index >= 15 is 0 Å². The number of ether oxygens (including phenoxy) is 1. The minimum Gasteiger partial charge on any atom is -0.482 e. The molecule has 4 nitrogen and oxygen atoms in total. The van der Waals surface area contributed by atoms with Gasteiger partial charge in [-0.2, -0.15) is 0 Å². The molecule has 0 aromatic heterocycles. The number of carbonyl (C=O) groups excluding carboxylic acids is 1. The van der Waals surface area contributed by atoms with Crippen molar-refractivity contribution >= 4 is 11.6 Å². The molecule has 1 aromatic carbocycles. The summed E-state index contributed by atoms with van der Waals surface area (Å²) >= 11 is 0. The molecule has 0 radical (unpaired) electrons. The zero-order chi connectivity index (χ0) is 12.4. The van der Waals surface area contributed by atoms with Crippen LogP contribution in [0.25, 0.3) is 0 Å². The summed E-state index contributed by atoms with van der Waals surface area (Å²) in [5.41, 5.74) is 7.60. The van der Waals surface area contributed by atoms with E-state index in [1.54, 1.807) is 11.9 Å². The van der Waals surface area contributed by atoms with Gasteiger partial charge < -0.3 is 15.4 Å². The molecule has 0 fully saturated rings. The van der Waals surface area contributed by atoms with Gasteiger partial charge in [-0.05, 0) is 36.6 Å². The molecule has 4 heteroatoms. The van der Waals surface area contributed by atoms with Crippen LogP contribution in [0.1, 0.15) is 24.8 Å². The lowest BCUT2D eigenvalue weighted by Crippen LogP contribution is -2.35. The molecule has 0 saturated heterocycles. The monoisotopic (exact) mass is 234 g/mol. The van der Waals surface area contributed by atoms with Gasteiger partial charge in [0.2, 0.25) is 0 Å². The van der Waals surface area contributed by atoms with Crippen molar-refractivity contribution in [3.8, 4) is 5.75 Å². The van der Waals surface area contributed by atoms with Gasteiger partial charge in [-0.15, -0.1) is 0 Å². The van der Waals surface area contributed by atoms with Crippen LogP contribution in [0.5, 0.6) is 5.75 Å². The molecule has 1 aliphatic rings. The molecule has 0 bridgehead atoms. The molecule has 1 aromatic rings. The third-order valence-electron chi connectivity index (χ3n) is 3.24. The van der Waals surface area contributed by atoms with E-state index < -0.39 is 0 Å². The quantitative estimate of drug-likeness (QED) is 0.862. The van der Waals surface area contributed by atoms with E-state index in [0.29, 0.717) is 12.5 Å². The third-order valence-corrected chi connectivity index (χ3v) is 3.24. The summed E-state index contributed by atoms with van der Waals surface area (Å²) in [6.45, 7) is 2.95. The van der Waals surface area contributed by atoms with Crippen molar-refractivity contribution in [3.63, 3.8) is 0 Å². The van der Waals surface area contributed by atoms with Gasteiger partial charge in [0.25, 0.3) is 5.91 Å². The first-order valence-electron chi connectivity index (χ1n) is 5.87. The minimum absolute atomic E-state index is 0.0137. The van der Waals surface area contributed by atoms with Crippen LogP contribution in [0, 0.1) is 0 Å². The second kappa shape index (κ2) is 4.75. The standard InChI is InChI=1S/C13H18N2O2/c1-9(5-6-14)10-3-4-11-12(7-10)17-8-13(16)15(11)2/h3-4,7,9H,5-6,8,14H2,1-2H3. The van der Waals surface area contributed by atoms with E-state index in [1.165, 1.54) is 5.56 Å². The summed E-state index contributed by atoms with van der Waals surface area (Å²) in [5, 5.41) is 0. The van der Waals surface area contributed by atoms with Gasteiger partial charge in [-0.25, -0.2) is 0 Å². The Morgan fingerprint density at radius 2 is 2.29 bits per heavy atom. The molecule has 1 heterocycles. The number of anilines is 1. The highest BCUT2D eigenvalue weighted by Gasteiger charge is 2.22. The van der Waals surface area contributed by atoms with Crippen molar-refractivity contribution in [1.29, 1.82) is 0 Å². The molecule has 1 unspecified atom stereocenters. The van der Waals surface area contributed by atoms with E-state index in [0.717, 1.165) is 17.9 Å². The molecule has 0 saturated carbocycles. The first kappa shape index (κ1) is 11.9. The molecule has 1 amide bonds. The van der Waals surface area contributed by atoms with E-state index in [4.69, 9.17) is 10.5 Å². The zero-order valence-electron chi connectivity index (χ0n) is 10.3. The highest BCUT2D eigenvalue weighted by Crippen LogP contribution is 2.34. The Labute approximate surface area is 101 Å². The number of likely N-dealkylation sites (N-methyl/N-ethyl adjacent to an activating group) is 1. The smallest absolute Gasteiger partial charge is 0.264 e. The number of benzene rings is 1. The van der Waals surface area contributed by atoms with Gasteiger partial charge in [-0.3, -0.25) is 4.79 Å². The fourth-order valence-electron chi connectivity index (χ4n) is 2.02. The first-order chi connectivity index (χ1) is 8.13. The fraction of sp³-hybridized carbons (Fsp3) is 0.462. The average Bonchev–Trinajstić information content (AvgIpc) is 2.34. The molecule has 92 valence electrons. The molecule has 1 atom stereocenters. The predicted molar refractivity (Wildman–Crippen MR) is 67.4 cm³/mol. The van der Waals surface area contributed by atoms with E-state index in [9.17, 15) is 4.79 Å². The van der Waals surface area contributed by atoms with Gasteiger partial charge in [0.1, 0.15) is 5.75 Å². The van der Waals surface area contributed by atoms with Crippen LogP contribution in [0.15, 0.2) is 18.2 Å². The van der Waals surface area contributed by atoms with E-state index in [1.807, 2.05) is 18.2 Å². The van der Waals surface area contributed by atoms with Gasteiger partial charge in [0, 0.05) is 7.05 Å². The van der Waals surface area contributed by atoms with Crippen molar-refractivity contribution in [1.82, 2.24) is 0 Å². The maximum Gasteiger partial charge on any atom is 0.264 e. The van der Waals surface area contributed by atoms with Crippen LogP contribution in [0.3, 0.4) is 0 Å². The third kappa shape index (κ3) is 2.26. The molecule has 2 N–H and O–H groups in total. The van der Waals surface area contributed by atoms with Crippen molar-refractivity contribution in [2.45, 2.75) is 19.3 Å². The van der Waals surface area contributed by atoms with Crippen molar-refractivity contribution in [3.05, 3.63) is 23.8 Å². The van der Waals surface area contributed by atoms with Crippen molar-refractivity contribution in [2.75, 3.05) is 25.1 Å². The number of hydrogen-bond acceptors (Lipinski definition) is 3. The second-order valence-electron chi connectivity index (χ2n) is 4.45. The van der Waals surface area contributed by atoms with Crippen LogP contribution in [-0.4, -0.2) is 26.1 Å². The van der Waals surface area contributed by atoms with E-state index in [-0.39, 0.29) is 12.5 Å². The highest BCUT2D eigenvalue weighted by atomic mass is 16.5. The van der Waals surface area contributed by atoms with Gasteiger partial charge in [-0.1, -0.05) is 13.0 Å². The highest BCUT2D eigenvalue weighted by molar-refractivity contribution is 5.97. The van der Waals surface area contributed by atoms with Crippen molar-refractivity contribution in [2.24, 2.45) is 5.73 Å². The summed E-state index contributed by atoms with van der Waals surface area (Å²) in [5.74, 6) is 1.19. The second-order valence-corrected chi connectivity index (χ2v) is 4.45. The Kier molecular flexibility index (Phi) is 3.33. The van der Waals surface area contributed by atoms with Crippen LogP contribution < -0.4 is 15.4 Å². The summed E-state index contributed by atoms with van der Waals surface area (Å²) in [6, 6.07) is 5.99. The molecule has 2 rings (SSSR count). The lowest BCUT2D eigenvalue weighted by atomic mass is 9.97. The van der Waals surface area contributed by atoms with Crippen LogP contribution >= 0.6 is 0 Å². The zero-order valence-corrected chi connectivity index (χ0v) is 10.3. The average molecular weight is 234 g/mol. The first-order valence-corrected chi connectivity index (χ1v) is 5.87. The maximum absolute atomic E-state index is 11.5. The summed E-state index contributed by atoms with van der Waals surface area (Å²) in [4.78, 5) is 13.1. The predicted octanol–water partition coefficient (Wildman–Crippen LogP) is 1.49. The number of fused-ring (bicyclic) bond motifs is 1. The fourth-order valence-corrected chi connectivity index (χ4v) is 2.02. The number of amides is 1. The number of hydrogen-bond donors (Lipinski definition) is 1. The number of nitrogens with two attached hydrogens (primary N) is 1. The topological polar surface area (TPSA) is 55.6 Å². The maximum atomic E-state index is 11.5. The lowest BCUT2D eigenvalue weighted by Gasteiger charge is -2.26. The molecular weight excluding hydrogens is 216 g/mol. The van der Waals surface area contributed by atoms with Gasteiger partial charge >= 0.3 is 0 Å². The molecule has 1 aliphatic heterocycles. The SMILES string of the molecule is CC(CCN)c1ccc2c(c1)OCC(=O)N2C. The summed E-state index contributed by atoms with van der Waals surface area (Å²) < 4.78 is 5.45. The number of rotatable bonds is 3. The Morgan fingerprint density at radius 3 is 3.00 bits per heavy atom. The van der Waals surface area contributed by atoms with Crippen LogP contribution in [-0.2, 0) is 4.79 Å². The van der Waals surface area contributed by atoms with Gasteiger partial charge in [0.15, 0.2) is 6.61 Å². The number of nitrogens with zero attached hydrogens (tertiary/aromatic N) is 1. The Bertz CT molecular complexity index is 431. The van der Waals surface area contributed by atoms with E-state index in [2.05, 4.69) is 6.92 Å². The lowest BCUT2D eigenvalue weighted by molar-refractivity contribution is -0.120. The minimum atomic E-state index is -0.0137. The number of carbonyl (C=O) groups is 1. The summed E-state index contributed by atoms with van der Waals surface area (Å²) in [6.07, 6.45) is 0.952. The summed E-state index contributed by atoms with van der Waals surface area (Å²) in [7, 11) is 1.77. The van der Waals surface area contributed by atoms with Crippen molar-refractivity contribution < 1.29 is 9.53 Å². The van der Waals surface area contributed by atoms with Gasteiger partial charge in [0.05, 0.1) is 5.69 Å². The molecular formula is C13H18N2O2. The Hall–Kier alpha value is -1.55. The Morgan fingerprint density at radius 1 is 1.53 bits per heavy atom. The normalized spacial score (nSPS) is 16.4. The Balaban J connectivity index is 2.29. The van der Waals surface area contributed by atoms with Crippen LogP contribution in [0.2, 0.25) is 0 Å². The molecule has 0 spiro atoms. The molecule has 0 aliphatic carbocycles.